The van der Waals surface area contributed by atoms with Crippen molar-refractivity contribution in [2.24, 2.45) is 5.92 Å². The number of alkyl halides is 1. The monoisotopic (exact) mass is 469 g/mol. The fraction of sp³-hybridized carbons (Fsp3) is 0.318. The van der Waals surface area contributed by atoms with E-state index in [2.05, 4.69) is 31.2 Å². The number of aromatic amines is 1. The van der Waals surface area contributed by atoms with Crippen LogP contribution < -0.4 is 26.2 Å². The molecule has 2 heterocycles. The molecule has 2 aromatic heterocycles. The normalized spacial score (nSPS) is 17.7. The van der Waals surface area contributed by atoms with E-state index in [-0.39, 0.29) is 28.5 Å². The van der Waals surface area contributed by atoms with Gasteiger partial charge in [-0.25, -0.2) is 4.98 Å². The third kappa shape index (κ3) is 3.92. The number of nitrogens with one attached hydrogen (secondary N) is 2. The molecule has 1 saturated carbocycles. The van der Waals surface area contributed by atoms with Crippen LogP contribution in [0.3, 0.4) is 0 Å². The molecule has 7 nitrogen and oxygen atoms in total. The molecule has 8 heteroatoms. The van der Waals surface area contributed by atoms with Crippen LogP contribution in [0.15, 0.2) is 33.5 Å². The van der Waals surface area contributed by atoms with Crippen LogP contribution >= 0.6 is 15.9 Å². The van der Waals surface area contributed by atoms with Crippen molar-refractivity contribution in [3.63, 3.8) is 0 Å². The minimum absolute atomic E-state index is 0.0498. The van der Waals surface area contributed by atoms with E-state index < -0.39 is 0 Å². The molecule has 0 saturated heterocycles. The van der Waals surface area contributed by atoms with Crippen molar-refractivity contribution < 1.29 is 13.9 Å². The summed E-state index contributed by atoms with van der Waals surface area (Å²) in [5, 5.41) is 3.70. The smallest absolute Gasteiger partial charge is 0.294 e. The molecule has 1 unspecified atom stereocenters. The van der Waals surface area contributed by atoms with E-state index in [9.17, 15) is 9.59 Å². The summed E-state index contributed by atoms with van der Waals surface area (Å²) >= 11 is 3.58. The van der Waals surface area contributed by atoms with Gasteiger partial charge in [-0.3, -0.25) is 9.59 Å². The summed E-state index contributed by atoms with van der Waals surface area (Å²) in [6.07, 6.45) is 7.13. The van der Waals surface area contributed by atoms with Gasteiger partial charge in [-0.05, 0) is 43.4 Å². The second kappa shape index (κ2) is 7.75. The van der Waals surface area contributed by atoms with Gasteiger partial charge in [0.25, 0.3) is 11.5 Å². The zero-order valence-corrected chi connectivity index (χ0v) is 17.7. The Hall–Kier alpha value is -2.87. The first-order valence-electron chi connectivity index (χ1n) is 9.96. The Morgan fingerprint density at radius 2 is 2.23 bits per heavy atom. The maximum absolute atomic E-state index is 12.6. The predicted molar refractivity (Wildman–Crippen MR) is 117 cm³/mol. The number of furan rings is 1. The second-order valence-corrected chi connectivity index (χ2v) is 8.83. The lowest BCUT2D eigenvalue weighted by atomic mass is 10.1. The summed E-state index contributed by atoms with van der Waals surface area (Å²) in [6.45, 7) is 0.665. The van der Waals surface area contributed by atoms with Gasteiger partial charge in [0.15, 0.2) is 6.61 Å². The Kier molecular flexibility index (Phi) is 4.94. The van der Waals surface area contributed by atoms with Gasteiger partial charge in [-0.1, -0.05) is 34.1 Å². The van der Waals surface area contributed by atoms with Crippen LogP contribution in [0.25, 0.3) is 34.6 Å². The van der Waals surface area contributed by atoms with Crippen molar-refractivity contribution in [3.05, 3.63) is 45.3 Å². The van der Waals surface area contributed by atoms with Crippen LogP contribution in [0.5, 0.6) is 5.75 Å². The lowest BCUT2D eigenvalue weighted by Crippen LogP contribution is -2.30. The highest BCUT2D eigenvalue weighted by molar-refractivity contribution is 9.09. The Morgan fingerprint density at radius 1 is 1.37 bits per heavy atom. The van der Waals surface area contributed by atoms with Gasteiger partial charge in [0.05, 0.1) is 0 Å². The molecule has 5 rings (SSSR count). The van der Waals surface area contributed by atoms with Gasteiger partial charge in [0.2, 0.25) is 5.58 Å². The Balaban J connectivity index is 1.42. The van der Waals surface area contributed by atoms with Crippen LogP contribution in [0.1, 0.15) is 19.3 Å². The van der Waals surface area contributed by atoms with Gasteiger partial charge in [0, 0.05) is 22.2 Å². The average Bonchev–Trinajstić information content (AvgIpc) is 3.51. The summed E-state index contributed by atoms with van der Waals surface area (Å²) in [5.41, 5.74) is 1.79. The van der Waals surface area contributed by atoms with Crippen LogP contribution in [0, 0.1) is 5.92 Å². The topological polar surface area (TPSA) is 97.2 Å². The summed E-state index contributed by atoms with van der Waals surface area (Å²) in [4.78, 5) is 32.1. The van der Waals surface area contributed by atoms with Crippen LogP contribution in [-0.4, -0.2) is 33.9 Å². The average molecular weight is 470 g/mol. The molecule has 2 aliphatic rings. The Labute approximate surface area is 180 Å². The fourth-order valence-corrected chi connectivity index (χ4v) is 3.90. The molecule has 0 radical (unpaired) electrons. The number of hydrogen-bond acceptors (Lipinski definition) is 5. The number of carbonyl (C=O) groups excluding carboxylic acids is 1. The molecule has 1 amide bonds. The SMILES string of the molecule is O=C(COc1cccc(-c2nc3c4c(oc3c(=O)[nH]2)=CCC(Br)C=4)c1)NCC1CC1. The number of hydrogen-bond donors (Lipinski definition) is 2. The molecule has 3 aromatic rings. The van der Waals surface area contributed by atoms with Crippen molar-refractivity contribution in [2.75, 3.05) is 13.2 Å². The van der Waals surface area contributed by atoms with Gasteiger partial charge >= 0.3 is 0 Å². The van der Waals surface area contributed by atoms with Crippen molar-refractivity contribution in [1.29, 1.82) is 0 Å². The number of fused-ring (bicyclic) bond motifs is 3. The lowest BCUT2D eigenvalue weighted by molar-refractivity contribution is -0.123. The van der Waals surface area contributed by atoms with Crippen molar-refractivity contribution in [3.8, 4) is 17.1 Å². The molecule has 0 spiro atoms. The predicted octanol–water partition coefficient (Wildman–Crippen LogP) is 1.82. The standard InChI is InChI=1S/C22H20BrN3O4/c23-14-6-7-17-16(9-14)19-20(30-17)22(28)26-21(25-19)13-2-1-3-15(8-13)29-11-18(27)24-10-12-4-5-12/h1-3,7-9,12,14H,4-6,10-11H2,(H,24,27)(H,25,26,28). The maximum Gasteiger partial charge on any atom is 0.294 e. The third-order valence-corrected chi connectivity index (χ3v) is 5.89. The van der Waals surface area contributed by atoms with E-state index in [1.54, 1.807) is 18.2 Å². The van der Waals surface area contributed by atoms with Crippen LogP contribution in [0.2, 0.25) is 0 Å². The van der Waals surface area contributed by atoms with E-state index in [1.165, 1.54) is 12.8 Å². The second-order valence-electron chi connectivity index (χ2n) is 7.66. The zero-order chi connectivity index (χ0) is 20.7. The Morgan fingerprint density at radius 3 is 3.07 bits per heavy atom. The summed E-state index contributed by atoms with van der Waals surface area (Å²) in [5.74, 6) is 1.44. The zero-order valence-electron chi connectivity index (χ0n) is 16.1. The molecular formula is C22H20BrN3O4. The Bertz CT molecular complexity index is 1310. The van der Waals surface area contributed by atoms with Crippen molar-refractivity contribution in [1.82, 2.24) is 15.3 Å². The van der Waals surface area contributed by atoms with E-state index >= 15 is 0 Å². The van der Waals surface area contributed by atoms with Gasteiger partial charge in [-0.15, -0.1) is 0 Å². The largest absolute Gasteiger partial charge is 0.484 e. The molecule has 1 aromatic carbocycles. The van der Waals surface area contributed by atoms with Gasteiger partial charge < -0.3 is 19.5 Å². The number of benzene rings is 1. The molecular weight excluding hydrogens is 450 g/mol. The molecule has 0 bridgehead atoms. The minimum Gasteiger partial charge on any atom is -0.484 e. The number of H-pyrrole nitrogens is 1. The first-order chi connectivity index (χ1) is 14.6. The summed E-state index contributed by atoms with van der Waals surface area (Å²) in [7, 11) is 0. The maximum atomic E-state index is 12.6. The first kappa shape index (κ1) is 19.1. The quantitative estimate of drug-likeness (QED) is 0.536. The van der Waals surface area contributed by atoms with Gasteiger partial charge in [0.1, 0.15) is 22.5 Å². The number of ether oxygens (including phenoxy) is 1. The highest BCUT2D eigenvalue weighted by Gasteiger charge is 2.21. The highest BCUT2D eigenvalue weighted by atomic mass is 79.9. The van der Waals surface area contributed by atoms with E-state index in [0.717, 1.165) is 11.6 Å². The molecule has 2 N–H and O–H groups in total. The fourth-order valence-electron chi connectivity index (χ4n) is 3.45. The van der Waals surface area contributed by atoms with Crippen LogP contribution in [-0.2, 0) is 4.79 Å². The highest BCUT2D eigenvalue weighted by Crippen LogP contribution is 2.27. The molecule has 30 heavy (non-hydrogen) atoms. The minimum atomic E-state index is -0.330. The molecule has 2 aliphatic carbocycles. The number of aromatic nitrogens is 2. The molecule has 1 atom stereocenters. The van der Waals surface area contributed by atoms with Gasteiger partial charge in [-0.2, -0.15) is 0 Å². The van der Waals surface area contributed by atoms with E-state index in [1.807, 2.05) is 18.2 Å². The molecule has 1 fully saturated rings. The number of nitrogens with zero attached hydrogens (tertiary/aromatic N) is 1. The lowest BCUT2D eigenvalue weighted by Gasteiger charge is -2.08. The number of carbonyl (C=O) groups is 1. The number of rotatable bonds is 6. The number of amides is 1. The first-order valence-corrected chi connectivity index (χ1v) is 10.9. The van der Waals surface area contributed by atoms with Crippen LogP contribution in [0.4, 0.5) is 0 Å². The summed E-state index contributed by atoms with van der Waals surface area (Å²) in [6, 6.07) is 7.16. The van der Waals surface area contributed by atoms with Crippen molar-refractivity contribution >= 4 is 45.1 Å². The number of halogens is 1. The van der Waals surface area contributed by atoms with E-state index in [0.29, 0.717) is 40.5 Å². The molecule has 154 valence electrons. The molecule has 0 aliphatic heterocycles. The van der Waals surface area contributed by atoms with Crippen molar-refractivity contribution in [2.45, 2.75) is 24.1 Å². The third-order valence-electron chi connectivity index (χ3n) is 5.25. The summed E-state index contributed by atoms with van der Waals surface area (Å²) < 4.78 is 11.3. The van der Waals surface area contributed by atoms with E-state index in [4.69, 9.17) is 9.15 Å².